The van der Waals surface area contributed by atoms with Crippen LogP contribution in [0.4, 0.5) is 0 Å². The van der Waals surface area contributed by atoms with Crippen molar-refractivity contribution in [3.05, 3.63) is 0 Å². The first-order valence-corrected chi connectivity index (χ1v) is 6.51. The van der Waals surface area contributed by atoms with Crippen LogP contribution in [0.15, 0.2) is 0 Å². The summed E-state index contributed by atoms with van der Waals surface area (Å²) in [7, 11) is 2.33. The molecule has 2 rings (SSSR count). The zero-order valence-corrected chi connectivity index (χ0v) is 10.6. The van der Waals surface area contributed by atoms with E-state index in [-0.39, 0.29) is 0 Å². The molecule has 1 saturated carbocycles. The highest BCUT2D eigenvalue weighted by molar-refractivity contribution is 4.88. The van der Waals surface area contributed by atoms with Gasteiger partial charge in [0.2, 0.25) is 0 Å². The second kappa shape index (κ2) is 4.42. The Morgan fingerprint density at radius 1 is 1.07 bits per heavy atom. The van der Waals surface area contributed by atoms with E-state index in [1.165, 1.54) is 45.2 Å². The molecule has 2 nitrogen and oxygen atoms in total. The summed E-state index contributed by atoms with van der Waals surface area (Å²) in [6.45, 7) is 7.27. The molecular formula is C13H26N2. The number of rotatable bonds is 2. The molecular weight excluding hydrogens is 184 g/mol. The van der Waals surface area contributed by atoms with Gasteiger partial charge in [0, 0.05) is 25.2 Å². The van der Waals surface area contributed by atoms with Gasteiger partial charge in [0.1, 0.15) is 0 Å². The lowest BCUT2D eigenvalue weighted by Crippen LogP contribution is -2.58. The minimum atomic E-state index is 0.591. The summed E-state index contributed by atoms with van der Waals surface area (Å²) in [6, 6.07) is 1.66. The van der Waals surface area contributed by atoms with Crippen molar-refractivity contribution in [2.45, 2.75) is 58.0 Å². The Bertz CT molecular complexity index is 209. The average Bonchev–Trinajstić information content (AvgIpc) is 2.23. The van der Waals surface area contributed by atoms with Crippen molar-refractivity contribution < 1.29 is 0 Å². The van der Waals surface area contributed by atoms with Crippen LogP contribution in [-0.4, -0.2) is 37.1 Å². The molecule has 15 heavy (non-hydrogen) atoms. The van der Waals surface area contributed by atoms with Gasteiger partial charge in [-0.3, -0.25) is 4.90 Å². The van der Waals surface area contributed by atoms with Gasteiger partial charge in [0.25, 0.3) is 0 Å². The maximum absolute atomic E-state index is 3.37. The van der Waals surface area contributed by atoms with Crippen LogP contribution >= 0.6 is 0 Å². The second-order valence-electron chi connectivity index (χ2n) is 6.23. The van der Waals surface area contributed by atoms with Crippen LogP contribution in [0.25, 0.3) is 0 Å². The molecule has 1 saturated heterocycles. The van der Waals surface area contributed by atoms with Crippen molar-refractivity contribution in [1.29, 1.82) is 0 Å². The van der Waals surface area contributed by atoms with Gasteiger partial charge in [-0.05, 0) is 38.1 Å². The molecule has 0 aromatic rings. The average molecular weight is 210 g/mol. The standard InChI is InChI=1S/C13H26N2/c1-13(2)7-4-5-11(6-8-13)15(3)12-9-14-10-12/h11-12,14H,4-10H2,1-3H3. The molecule has 2 heteroatoms. The number of hydrogen-bond donors (Lipinski definition) is 1. The number of nitrogens with zero attached hydrogens (tertiary/aromatic N) is 1. The Balaban J connectivity index is 1.87. The minimum absolute atomic E-state index is 0.591. The Morgan fingerprint density at radius 2 is 1.80 bits per heavy atom. The van der Waals surface area contributed by atoms with Crippen molar-refractivity contribution in [2.75, 3.05) is 20.1 Å². The molecule has 0 radical (unpaired) electrons. The second-order valence-corrected chi connectivity index (χ2v) is 6.23. The van der Waals surface area contributed by atoms with Crippen LogP contribution in [0.1, 0.15) is 46.0 Å². The van der Waals surface area contributed by atoms with Crippen LogP contribution in [-0.2, 0) is 0 Å². The van der Waals surface area contributed by atoms with Crippen molar-refractivity contribution in [3.8, 4) is 0 Å². The smallest absolute Gasteiger partial charge is 0.0345 e. The Hall–Kier alpha value is -0.0800. The first kappa shape index (κ1) is 11.4. The van der Waals surface area contributed by atoms with Gasteiger partial charge in [0.05, 0.1) is 0 Å². The van der Waals surface area contributed by atoms with Gasteiger partial charge >= 0.3 is 0 Å². The van der Waals surface area contributed by atoms with E-state index in [4.69, 9.17) is 0 Å². The summed E-state index contributed by atoms with van der Waals surface area (Å²) in [6.07, 6.45) is 7.06. The molecule has 0 aromatic heterocycles. The Kier molecular flexibility index (Phi) is 3.36. The SMILES string of the molecule is CN(C1CCCC(C)(C)CC1)C1CNC1. The zero-order valence-electron chi connectivity index (χ0n) is 10.6. The lowest BCUT2D eigenvalue weighted by Gasteiger charge is -2.40. The van der Waals surface area contributed by atoms with E-state index in [9.17, 15) is 0 Å². The summed E-state index contributed by atoms with van der Waals surface area (Å²) >= 11 is 0. The largest absolute Gasteiger partial charge is 0.314 e. The first-order chi connectivity index (χ1) is 7.08. The third-order valence-electron chi connectivity index (χ3n) is 4.46. The molecule has 1 aliphatic heterocycles. The lowest BCUT2D eigenvalue weighted by atomic mass is 9.85. The normalized spacial score (nSPS) is 32.4. The molecule has 2 aliphatic rings. The van der Waals surface area contributed by atoms with Crippen molar-refractivity contribution in [2.24, 2.45) is 5.41 Å². The fourth-order valence-electron chi connectivity index (χ4n) is 2.91. The molecule has 1 N–H and O–H groups in total. The van der Waals surface area contributed by atoms with E-state index in [1.807, 2.05) is 0 Å². The third kappa shape index (κ3) is 2.73. The van der Waals surface area contributed by atoms with E-state index < -0.39 is 0 Å². The van der Waals surface area contributed by atoms with Gasteiger partial charge in [-0.15, -0.1) is 0 Å². The fourth-order valence-corrected chi connectivity index (χ4v) is 2.91. The summed E-state index contributed by atoms with van der Waals surface area (Å²) in [4.78, 5) is 2.64. The van der Waals surface area contributed by atoms with Gasteiger partial charge in [-0.2, -0.15) is 0 Å². The van der Waals surface area contributed by atoms with E-state index in [2.05, 4.69) is 31.1 Å². The Labute approximate surface area is 94.4 Å². The highest BCUT2D eigenvalue weighted by atomic mass is 15.2. The molecule has 0 spiro atoms. The van der Waals surface area contributed by atoms with Crippen LogP contribution in [0, 0.1) is 5.41 Å². The number of hydrogen-bond acceptors (Lipinski definition) is 2. The van der Waals surface area contributed by atoms with E-state index in [0.29, 0.717) is 5.41 Å². The van der Waals surface area contributed by atoms with Crippen LogP contribution in [0.3, 0.4) is 0 Å². The van der Waals surface area contributed by atoms with Gasteiger partial charge in [0.15, 0.2) is 0 Å². The predicted molar refractivity (Wildman–Crippen MR) is 65.1 cm³/mol. The quantitative estimate of drug-likeness (QED) is 0.703. The third-order valence-corrected chi connectivity index (χ3v) is 4.46. The number of nitrogens with one attached hydrogen (secondary N) is 1. The van der Waals surface area contributed by atoms with Crippen LogP contribution in [0.5, 0.6) is 0 Å². The highest BCUT2D eigenvalue weighted by Crippen LogP contribution is 2.35. The predicted octanol–water partition coefficient (Wildman–Crippen LogP) is 2.25. The minimum Gasteiger partial charge on any atom is -0.314 e. The molecule has 0 amide bonds. The van der Waals surface area contributed by atoms with E-state index in [1.54, 1.807) is 0 Å². The first-order valence-electron chi connectivity index (χ1n) is 6.51. The Morgan fingerprint density at radius 3 is 2.40 bits per heavy atom. The maximum atomic E-state index is 3.37. The maximum Gasteiger partial charge on any atom is 0.0345 e. The molecule has 1 aliphatic carbocycles. The van der Waals surface area contributed by atoms with Crippen molar-refractivity contribution >= 4 is 0 Å². The monoisotopic (exact) mass is 210 g/mol. The summed E-state index contributed by atoms with van der Waals surface area (Å²) in [5, 5.41) is 3.37. The van der Waals surface area contributed by atoms with E-state index >= 15 is 0 Å². The molecule has 1 atom stereocenters. The van der Waals surface area contributed by atoms with Gasteiger partial charge < -0.3 is 5.32 Å². The van der Waals surface area contributed by atoms with Crippen molar-refractivity contribution in [3.63, 3.8) is 0 Å². The summed E-state index contributed by atoms with van der Waals surface area (Å²) < 4.78 is 0. The van der Waals surface area contributed by atoms with Crippen LogP contribution in [0.2, 0.25) is 0 Å². The zero-order chi connectivity index (χ0) is 10.9. The molecule has 0 aromatic carbocycles. The molecule has 0 bridgehead atoms. The summed E-state index contributed by atoms with van der Waals surface area (Å²) in [5.74, 6) is 0. The lowest BCUT2D eigenvalue weighted by molar-refractivity contribution is 0.115. The number of likely N-dealkylation sites (N-methyl/N-ethyl adjacent to an activating group) is 1. The highest BCUT2D eigenvalue weighted by Gasteiger charge is 2.30. The molecule has 2 fully saturated rings. The molecule has 1 heterocycles. The van der Waals surface area contributed by atoms with Gasteiger partial charge in [-0.25, -0.2) is 0 Å². The van der Waals surface area contributed by atoms with Gasteiger partial charge in [-0.1, -0.05) is 20.3 Å². The topological polar surface area (TPSA) is 15.3 Å². The molecule has 1 unspecified atom stereocenters. The van der Waals surface area contributed by atoms with E-state index in [0.717, 1.165) is 12.1 Å². The molecule has 88 valence electrons. The van der Waals surface area contributed by atoms with Crippen molar-refractivity contribution in [1.82, 2.24) is 10.2 Å². The summed E-state index contributed by atoms with van der Waals surface area (Å²) in [5.41, 5.74) is 0.591. The fraction of sp³-hybridized carbons (Fsp3) is 1.00. The van der Waals surface area contributed by atoms with Crippen LogP contribution < -0.4 is 5.32 Å².